The van der Waals surface area contributed by atoms with Crippen molar-refractivity contribution in [2.24, 2.45) is 5.73 Å². The highest BCUT2D eigenvalue weighted by molar-refractivity contribution is 5.98. The Morgan fingerprint density at radius 1 is 1.41 bits per heavy atom. The number of anilines is 1. The van der Waals surface area contributed by atoms with E-state index in [1.165, 1.54) is 0 Å². The molecular weight excluding hydrogens is 283 g/mol. The number of aromatic nitrogens is 2. The third-order valence-electron chi connectivity index (χ3n) is 3.44. The standard InChI is InChI=1S/C16H15FN4O/c1-10-6-14(12(16(18)22)7-13(10)17)19-8-11-9-21-5-3-2-4-15(21)20-11/h2-7,9,19H,8H2,1H3,(H2,18,22). The number of nitrogens with one attached hydrogen (secondary N) is 1. The highest BCUT2D eigenvalue weighted by Crippen LogP contribution is 2.21. The van der Waals surface area contributed by atoms with E-state index in [-0.39, 0.29) is 5.56 Å². The summed E-state index contributed by atoms with van der Waals surface area (Å²) in [5.41, 5.74) is 8.03. The van der Waals surface area contributed by atoms with Crippen LogP contribution in [0.5, 0.6) is 0 Å². The van der Waals surface area contributed by atoms with Crippen molar-refractivity contribution in [1.82, 2.24) is 9.38 Å². The number of carbonyl (C=O) groups is 1. The summed E-state index contributed by atoms with van der Waals surface area (Å²) in [6, 6.07) is 8.46. The third-order valence-corrected chi connectivity index (χ3v) is 3.44. The molecule has 0 spiro atoms. The fourth-order valence-electron chi connectivity index (χ4n) is 2.29. The molecule has 0 saturated carbocycles. The van der Waals surface area contributed by atoms with Gasteiger partial charge in [0.2, 0.25) is 0 Å². The Morgan fingerprint density at radius 3 is 2.95 bits per heavy atom. The fraction of sp³-hybridized carbons (Fsp3) is 0.125. The van der Waals surface area contributed by atoms with Crippen LogP contribution in [0.25, 0.3) is 5.65 Å². The van der Waals surface area contributed by atoms with Crippen LogP contribution in [0.4, 0.5) is 10.1 Å². The predicted octanol–water partition coefficient (Wildman–Crippen LogP) is 2.49. The van der Waals surface area contributed by atoms with Gasteiger partial charge in [0.1, 0.15) is 11.5 Å². The van der Waals surface area contributed by atoms with Crippen LogP contribution < -0.4 is 11.1 Å². The summed E-state index contributed by atoms with van der Waals surface area (Å²) in [4.78, 5) is 15.9. The zero-order chi connectivity index (χ0) is 15.7. The first-order chi connectivity index (χ1) is 10.5. The minimum Gasteiger partial charge on any atom is -0.379 e. The summed E-state index contributed by atoms with van der Waals surface area (Å²) in [7, 11) is 0. The molecule has 0 atom stereocenters. The van der Waals surface area contributed by atoms with Crippen molar-refractivity contribution < 1.29 is 9.18 Å². The number of fused-ring (bicyclic) bond motifs is 1. The van der Waals surface area contributed by atoms with Gasteiger partial charge in [-0.1, -0.05) is 6.07 Å². The zero-order valence-electron chi connectivity index (χ0n) is 12.0. The van der Waals surface area contributed by atoms with E-state index in [0.717, 1.165) is 17.4 Å². The lowest BCUT2D eigenvalue weighted by Crippen LogP contribution is -2.15. The second-order valence-electron chi connectivity index (χ2n) is 5.06. The van der Waals surface area contributed by atoms with Crippen LogP contribution in [0.15, 0.2) is 42.7 Å². The third kappa shape index (κ3) is 2.63. The number of rotatable bonds is 4. The van der Waals surface area contributed by atoms with Gasteiger partial charge in [0.25, 0.3) is 5.91 Å². The molecule has 0 bridgehead atoms. The number of carbonyl (C=O) groups excluding carboxylic acids is 1. The number of nitrogens with zero attached hydrogens (tertiary/aromatic N) is 2. The Labute approximate surface area is 126 Å². The van der Waals surface area contributed by atoms with Crippen LogP contribution in [-0.4, -0.2) is 15.3 Å². The number of hydrogen-bond acceptors (Lipinski definition) is 3. The number of benzene rings is 1. The summed E-state index contributed by atoms with van der Waals surface area (Å²) in [5.74, 6) is -1.12. The first kappa shape index (κ1) is 14.1. The zero-order valence-corrected chi connectivity index (χ0v) is 12.0. The molecule has 3 aromatic rings. The minimum absolute atomic E-state index is 0.131. The number of primary amides is 1. The number of imidazole rings is 1. The molecular formula is C16H15FN4O. The van der Waals surface area contributed by atoms with Crippen LogP contribution in [0.1, 0.15) is 21.6 Å². The van der Waals surface area contributed by atoms with E-state index < -0.39 is 11.7 Å². The van der Waals surface area contributed by atoms with Crippen molar-refractivity contribution in [3.05, 3.63) is 65.4 Å². The van der Waals surface area contributed by atoms with Crippen LogP contribution in [0.3, 0.4) is 0 Å². The van der Waals surface area contributed by atoms with Crippen molar-refractivity contribution in [2.45, 2.75) is 13.5 Å². The molecule has 0 unspecified atom stereocenters. The van der Waals surface area contributed by atoms with E-state index >= 15 is 0 Å². The molecule has 2 aromatic heterocycles. The molecule has 0 radical (unpaired) electrons. The Morgan fingerprint density at radius 2 is 2.23 bits per heavy atom. The molecule has 0 aliphatic rings. The highest BCUT2D eigenvalue weighted by Gasteiger charge is 2.12. The van der Waals surface area contributed by atoms with Gasteiger partial charge in [-0.2, -0.15) is 0 Å². The van der Waals surface area contributed by atoms with E-state index in [0.29, 0.717) is 17.8 Å². The van der Waals surface area contributed by atoms with Gasteiger partial charge in [-0.25, -0.2) is 9.37 Å². The maximum atomic E-state index is 13.6. The lowest BCUT2D eigenvalue weighted by atomic mass is 10.1. The summed E-state index contributed by atoms with van der Waals surface area (Å²) in [6.07, 6.45) is 3.80. The normalized spacial score (nSPS) is 10.8. The largest absolute Gasteiger partial charge is 0.379 e. The first-order valence-electron chi connectivity index (χ1n) is 6.81. The van der Waals surface area contributed by atoms with Crippen molar-refractivity contribution in [3.63, 3.8) is 0 Å². The quantitative estimate of drug-likeness (QED) is 0.777. The molecule has 3 N–H and O–H groups in total. The van der Waals surface area contributed by atoms with E-state index in [4.69, 9.17) is 5.73 Å². The average molecular weight is 298 g/mol. The van der Waals surface area contributed by atoms with Crippen LogP contribution in [0.2, 0.25) is 0 Å². The molecule has 0 aliphatic heterocycles. The number of aryl methyl sites for hydroxylation is 1. The molecule has 5 nitrogen and oxygen atoms in total. The summed E-state index contributed by atoms with van der Waals surface area (Å²) < 4.78 is 15.5. The van der Waals surface area contributed by atoms with Gasteiger partial charge in [0.05, 0.1) is 17.8 Å². The SMILES string of the molecule is Cc1cc(NCc2cn3ccccc3n2)c(C(N)=O)cc1F. The molecule has 2 heterocycles. The summed E-state index contributed by atoms with van der Waals surface area (Å²) in [5, 5.41) is 3.10. The van der Waals surface area contributed by atoms with E-state index in [9.17, 15) is 9.18 Å². The Kier molecular flexibility index (Phi) is 3.50. The molecule has 0 saturated heterocycles. The number of amides is 1. The topological polar surface area (TPSA) is 72.4 Å². The van der Waals surface area contributed by atoms with Crippen molar-refractivity contribution in [1.29, 1.82) is 0 Å². The lowest BCUT2D eigenvalue weighted by Gasteiger charge is -2.10. The smallest absolute Gasteiger partial charge is 0.250 e. The van der Waals surface area contributed by atoms with Gasteiger partial charge < -0.3 is 15.5 Å². The van der Waals surface area contributed by atoms with Gasteiger partial charge in [-0.3, -0.25) is 4.79 Å². The number of hydrogen-bond donors (Lipinski definition) is 2. The summed E-state index contributed by atoms with van der Waals surface area (Å²) >= 11 is 0. The van der Waals surface area contributed by atoms with Crippen molar-refractivity contribution in [2.75, 3.05) is 5.32 Å². The highest BCUT2D eigenvalue weighted by atomic mass is 19.1. The Bertz CT molecular complexity index is 823. The molecule has 0 aliphatic carbocycles. The first-order valence-corrected chi connectivity index (χ1v) is 6.81. The second-order valence-corrected chi connectivity index (χ2v) is 5.06. The molecule has 0 fully saturated rings. The number of pyridine rings is 1. The van der Waals surface area contributed by atoms with Gasteiger partial charge >= 0.3 is 0 Å². The van der Waals surface area contributed by atoms with Crippen LogP contribution >= 0.6 is 0 Å². The fourth-order valence-corrected chi connectivity index (χ4v) is 2.29. The molecule has 1 aromatic carbocycles. The van der Waals surface area contributed by atoms with Crippen molar-refractivity contribution >= 4 is 17.2 Å². The molecule has 22 heavy (non-hydrogen) atoms. The molecule has 3 rings (SSSR count). The maximum Gasteiger partial charge on any atom is 0.250 e. The van der Waals surface area contributed by atoms with E-state index in [2.05, 4.69) is 10.3 Å². The molecule has 112 valence electrons. The van der Waals surface area contributed by atoms with Crippen molar-refractivity contribution in [3.8, 4) is 0 Å². The lowest BCUT2D eigenvalue weighted by molar-refractivity contribution is 0.100. The predicted molar refractivity (Wildman–Crippen MR) is 82.2 cm³/mol. The van der Waals surface area contributed by atoms with Gasteiger partial charge in [0.15, 0.2) is 0 Å². The monoisotopic (exact) mass is 298 g/mol. The van der Waals surface area contributed by atoms with Gasteiger partial charge in [0, 0.05) is 18.1 Å². The molecule has 6 heteroatoms. The Hall–Kier alpha value is -2.89. The minimum atomic E-state index is -0.670. The van der Waals surface area contributed by atoms with E-state index in [1.54, 1.807) is 13.0 Å². The van der Waals surface area contributed by atoms with Gasteiger partial charge in [-0.05, 0) is 36.8 Å². The summed E-state index contributed by atoms with van der Waals surface area (Å²) in [6.45, 7) is 2.04. The Balaban J connectivity index is 1.86. The second kappa shape index (κ2) is 5.48. The van der Waals surface area contributed by atoms with Crippen LogP contribution in [-0.2, 0) is 6.54 Å². The van der Waals surface area contributed by atoms with E-state index in [1.807, 2.05) is 35.0 Å². The number of halogens is 1. The molecule has 1 amide bonds. The average Bonchev–Trinajstić information content (AvgIpc) is 2.90. The van der Waals surface area contributed by atoms with Crippen LogP contribution in [0, 0.1) is 12.7 Å². The maximum absolute atomic E-state index is 13.6. The van der Waals surface area contributed by atoms with Gasteiger partial charge in [-0.15, -0.1) is 0 Å². The number of nitrogens with two attached hydrogens (primary N) is 1.